The number of thioether (sulfide) groups is 1. The van der Waals surface area contributed by atoms with Gasteiger partial charge in [-0.1, -0.05) is 32.1 Å². The highest BCUT2D eigenvalue weighted by Gasteiger charge is 2.02. The van der Waals surface area contributed by atoms with Crippen LogP contribution < -0.4 is 0 Å². The molecule has 60 valence electrons. The van der Waals surface area contributed by atoms with Gasteiger partial charge >= 0.3 is 0 Å². The molecule has 0 amide bonds. The van der Waals surface area contributed by atoms with E-state index in [2.05, 4.69) is 31.1 Å². The molecule has 0 nitrogen and oxygen atoms in total. The first-order valence-corrected chi connectivity index (χ1v) is 4.91. The molecule has 0 aromatic rings. The fraction of sp³-hybridized carbons (Fsp3) is 0.400. The molecule has 0 saturated heterocycles. The SMILES string of the molecule is C=C1C=CS/C(=C/CCC)C1. The maximum absolute atomic E-state index is 3.93. The van der Waals surface area contributed by atoms with Gasteiger partial charge in [-0.05, 0) is 22.3 Å². The monoisotopic (exact) mass is 166 g/mol. The quantitative estimate of drug-likeness (QED) is 0.600. The summed E-state index contributed by atoms with van der Waals surface area (Å²) in [7, 11) is 0. The van der Waals surface area contributed by atoms with Gasteiger partial charge in [0, 0.05) is 6.42 Å². The van der Waals surface area contributed by atoms with Crippen LogP contribution >= 0.6 is 11.8 Å². The Labute approximate surface area is 73.1 Å². The summed E-state index contributed by atoms with van der Waals surface area (Å²) in [5.41, 5.74) is 1.23. The summed E-state index contributed by atoms with van der Waals surface area (Å²) in [5, 5.41) is 2.12. The summed E-state index contributed by atoms with van der Waals surface area (Å²) in [4.78, 5) is 1.46. The number of unbranched alkanes of at least 4 members (excludes halogenated alkanes) is 1. The highest BCUT2D eigenvalue weighted by molar-refractivity contribution is 8.05. The van der Waals surface area contributed by atoms with Crippen molar-refractivity contribution in [3.05, 3.63) is 34.6 Å². The van der Waals surface area contributed by atoms with Crippen LogP contribution in [0.3, 0.4) is 0 Å². The lowest BCUT2D eigenvalue weighted by Crippen LogP contribution is -1.84. The largest absolute Gasteiger partial charge is 0.103 e. The van der Waals surface area contributed by atoms with Crippen LogP contribution in [0.25, 0.3) is 0 Å². The minimum Gasteiger partial charge on any atom is -0.103 e. The molecule has 0 unspecified atom stereocenters. The fourth-order valence-corrected chi connectivity index (χ4v) is 1.89. The van der Waals surface area contributed by atoms with Gasteiger partial charge in [0.15, 0.2) is 0 Å². The van der Waals surface area contributed by atoms with Crippen LogP contribution in [-0.4, -0.2) is 0 Å². The molecular weight excluding hydrogens is 152 g/mol. The number of allylic oxidation sites excluding steroid dienone is 4. The first-order valence-electron chi connectivity index (χ1n) is 4.03. The van der Waals surface area contributed by atoms with E-state index in [-0.39, 0.29) is 0 Å². The van der Waals surface area contributed by atoms with Crippen molar-refractivity contribution in [3.8, 4) is 0 Å². The third kappa shape index (κ3) is 2.98. The summed E-state index contributed by atoms with van der Waals surface area (Å²) in [6, 6.07) is 0. The topological polar surface area (TPSA) is 0 Å². The number of hydrogen-bond donors (Lipinski definition) is 0. The van der Waals surface area contributed by atoms with Gasteiger partial charge in [-0.2, -0.15) is 0 Å². The van der Waals surface area contributed by atoms with Crippen LogP contribution in [0.1, 0.15) is 26.2 Å². The molecule has 1 heterocycles. The standard InChI is InChI=1S/C10H14S/c1-3-4-5-10-8-9(2)6-7-11-10/h5-7H,2-4,8H2,1H3/b10-5+. The van der Waals surface area contributed by atoms with Gasteiger partial charge in [0.05, 0.1) is 0 Å². The van der Waals surface area contributed by atoms with E-state index in [0.717, 1.165) is 6.42 Å². The van der Waals surface area contributed by atoms with Gasteiger partial charge in [0.2, 0.25) is 0 Å². The van der Waals surface area contributed by atoms with Gasteiger partial charge in [0.25, 0.3) is 0 Å². The molecule has 1 aliphatic rings. The summed E-state index contributed by atoms with van der Waals surface area (Å²) in [6.45, 7) is 6.14. The van der Waals surface area contributed by atoms with Crippen molar-refractivity contribution >= 4 is 11.8 Å². The molecule has 0 saturated carbocycles. The van der Waals surface area contributed by atoms with Crippen molar-refractivity contribution in [3.63, 3.8) is 0 Å². The first-order chi connectivity index (χ1) is 5.33. The zero-order valence-corrected chi connectivity index (χ0v) is 7.79. The third-order valence-electron chi connectivity index (χ3n) is 1.59. The van der Waals surface area contributed by atoms with Gasteiger partial charge in [-0.3, -0.25) is 0 Å². The van der Waals surface area contributed by atoms with Crippen LogP contribution in [0, 0.1) is 0 Å². The number of rotatable bonds is 2. The van der Waals surface area contributed by atoms with E-state index in [0.29, 0.717) is 0 Å². The molecule has 0 spiro atoms. The van der Waals surface area contributed by atoms with Crippen LogP contribution in [0.4, 0.5) is 0 Å². The van der Waals surface area contributed by atoms with Crippen LogP contribution in [0.2, 0.25) is 0 Å². The molecule has 1 rings (SSSR count). The van der Waals surface area contributed by atoms with Crippen molar-refractivity contribution in [1.29, 1.82) is 0 Å². The molecular formula is C10H14S. The van der Waals surface area contributed by atoms with E-state index < -0.39 is 0 Å². The van der Waals surface area contributed by atoms with E-state index in [1.54, 1.807) is 0 Å². The lowest BCUT2D eigenvalue weighted by atomic mass is 10.2. The van der Waals surface area contributed by atoms with Gasteiger partial charge < -0.3 is 0 Å². The molecule has 0 aromatic carbocycles. The molecule has 0 aromatic heterocycles. The highest BCUT2D eigenvalue weighted by atomic mass is 32.2. The zero-order chi connectivity index (χ0) is 8.10. The van der Waals surface area contributed by atoms with Crippen molar-refractivity contribution in [1.82, 2.24) is 0 Å². The second-order valence-corrected chi connectivity index (χ2v) is 3.75. The maximum atomic E-state index is 3.93. The van der Waals surface area contributed by atoms with E-state index in [1.807, 2.05) is 11.8 Å². The van der Waals surface area contributed by atoms with Crippen LogP contribution in [0.15, 0.2) is 34.6 Å². The van der Waals surface area contributed by atoms with Crippen molar-refractivity contribution in [2.45, 2.75) is 26.2 Å². The summed E-state index contributed by atoms with van der Waals surface area (Å²) in [6.07, 6.45) is 7.90. The van der Waals surface area contributed by atoms with Crippen LogP contribution in [0.5, 0.6) is 0 Å². The molecule has 11 heavy (non-hydrogen) atoms. The molecule has 1 aliphatic heterocycles. The lowest BCUT2D eigenvalue weighted by Gasteiger charge is -2.09. The predicted octanol–water partition coefficient (Wildman–Crippen LogP) is 3.88. The number of hydrogen-bond acceptors (Lipinski definition) is 1. The first kappa shape index (κ1) is 8.66. The Morgan fingerprint density at radius 3 is 3.18 bits per heavy atom. The Morgan fingerprint density at radius 1 is 1.73 bits per heavy atom. The molecule has 0 radical (unpaired) electrons. The Balaban J connectivity index is 2.49. The van der Waals surface area contributed by atoms with Gasteiger partial charge in [0.1, 0.15) is 0 Å². The zero-order valence-electron chi connectivity index (χ0n) is 6.97. The lowest BCUT2D eigenvalue weighted by molar-refractivity contribution is 0.951. The molecule has 0 fully saturated rings. The third-order valence-corrected chi connectivity index (χ3v) is 2.47. The van der Waals surface area contributed by atoms with E-state index in [9.17, 15) is 0 Å². The predicted molar refractivity (Wildman–Crippen MR) is 53.5 cm³/mol. The van der Waals surface area contributed by atoms with E-state index in [1.165, 1.54) is 23.3 Å². The highest BCUT2D eigenvalue weighted by Crippen LogP contribution is 2.30. The van der Waals surface area contributed by atoms with Crippen molar-refractivity contribution in [2.75, 3.05) is 0 Å². The minimum absolute atomic E-state index is 1.06. The summed E-state index contributed by atoms with van der Waals surface area (Å²) >= 11 is 1.83. The van der Waals surface area contributed by atoms with Gasteiger partial charge in [-0.15, -0.1) is 11.8 Å². The second kappa shape index (κ2) is 4.45. The molecule has 0 bridgehead atoms. The molecule has 1 heteroatoms. The van der Waals surface area contributed by atoms with Crippen molar-refractivity contribution in [2.24, 2.45) is 0 Å². The smallest absolute Gasteiger partial charge is 0.00288 e. The van der Waals surface area contributed by atoms with E-state index >= 15 is 0 Å². The Morgan fingerprint density at radius 2 is 2.55 bits per heavy atom. The summed E-state index contributed by atoms with van der Waals surface area (Å²) in [5.74, 6) is 0. The summed E-state index contributed by atoms with van der Waals surface area (Å²) < 4.78 is 0. The van der Waals surface area contributed by atoms with E-state index in [4.69, 9.17) is 0 Å². The second-order valence-electron chi connectivity index (χ2n) is 2.71. The minimum atomic E-state index is 1.06. The molecule has 0 aliphatic carbocycles. The average Bonchev–Trinajstić information content (AvgIpc) is 2.01. The fourth-order valence-electron chi connectivity index (χ4n) is 0.968. The molecule has 0 N–H and O–H groups in total. The average molecular weight is 166 g/mol. The molecule has 0 atom stereocenters. The Hall–Kier alpha value is -0.430. The van der Waals surface area contributed by atoms with Crippen LogP contribution in [-0.2, 0) is 0 Å². The Bertz CT molecular complexity index is 199. The van der Waals surface area contributed by atoms with Gasteiger partial charge in [-0.25, -0.2) is 0 Å². The Kier molecular flexibility index (Phi) is 3.50. The van der Waals surface area contributed by atoms with Crippen molar-refractivity contribution < 1.29 is 0 Å². The normalized spacial score (nSPS) is 21.2. The maximum Gasteiger partial charge on any atom is 0.00288 e.